The molecule has 0 saturated heterocycles. The summed E-state index contributed by atoms with van der Waals surface area (Å²) in [6.07, 6.45) is 2.79. The van der Waals surface area contributed by atoms with E-state index in [-0.39, 0.29) is 0 Å². The standard InChI is InChI=1S/C20H18ClF2N3/c1-12-5-6-13(21)10-18(12)26-20-16(4-2-3-9-24-20)19(25-26)15-8-7-14(22)11-17(15)23/h5-8,10-11,24H,2-4,9H2,1H3. The fourth-order valence-electron chi connectivity index (χ4n) is 3.39. The lowest BCUT2D eigenvalue weighted by molar-refractivity contribution is 0.585. The van der Waals surface area contributed by atoms with Crippen molar-refractivity contribution >= 4 is 17.4 Å². The summed E-state index contributed by atoms with van der Waals surface area (Å²) in [4.78, 5) is 0. The average Bonchev–Trinajstić information content (AvgIpc) is 2.78. The van der Waals surface area contributed by atoms with Crippen molar-refractivity contribution in [2.75, 3.05) is 11.9 Å². The van der Waals surface area contributed by atoms with Gasteiger partial charge in [0.15, 0.2) is 0 Å². The van der Waals surface area contributed by atoms with Crippen LogP contribution in [0.3, 0.4) is 0 Å². The van der Waals surface area contributed by atoms with Crippen molar-refractivity contribution < 1.29 is 8.78 Å². The van der Waals surface area contributed by atoms with Gasteiger partial charge in [0.05, 0.1) is 5.69 Å². The maximum absolute atomic E-state index is 14.4. The molecule has 1 aromatic heterocycles. The molecule has 0 aliphatic carbocycles. The minimum atomic E-state index is -0.607. The molecule has 0 unspecified atom stereocenters. The van der Waals surface area contributed by atoms with E-state index < -0.39 is 11.6 Å². The zero-order valence-electron chi connectivity index (χ0n) is 14.3. The molecule has 3 nitrogen and oxygen atoms in total. The van der Waals surface area contributed by atoms with Crippen molar-refractivity contribution in [2.45, 2.75) is 26.2 Å². The molecule has 134 valence electrons. The van der Waals surface area contributed by atoms with Crippen LogP contribution in [0, 0.1) is 18.6 Å². The van der Waals surface area contributed by atoms with Gasteiger partial charge in [-0.1, -0.05) is 17.7 Å². The van der Waals surface area contributed by atoms with Gasteiger partial charge >= 0.3 is 0 Å². The molecule has 0 spiro atoms. The van der Waals surface area contributed by atoms with Crippen molar-refractivity contribution in [2.24, 2.45) is 0 Å². The number of aryl methyl sites for hydroxylation is 1. The Bertz CT molecular complexity index is 981. The molecule has 2 heterocycles. The van der Waals surface area contributed by atoms with Crippen LogP contribution >= 0.6 is 11.6 Å². The van der Waals surface area contributed by atoms with Gasteiger partial charge in [0.2, 0.25) is 0 Å². The molecule has 0 amide bonds. The van der Waals surface area contributed by atoms with E-state index in [1.807, 2.05) is 25.1 Å². The minimum Gasteiger partial charge on any atom is -0.370 e. The molecule has 1 N–H and O–H groups in total. The van der Waals surface area contributed by atoms with E-state index in [0.29, 0.717) is 16.3 Å². The smallest absolute Gasteiger partial charge is 0.135 e. The Balaban J connectivity index is 1.96. The quantitative estimate of drug-likeness (QED) is 0.640. The average molecular weight is 374 g/mol. The van der Waals surface area contributed by atoms with Gasteiger partial charge in [-0.05, 0) is 56.0 Å². The molecule has 6 heteroatoms. The lowest BCUT2D eigenvalue weighted by atomic mass is 10.0. The number of rotatable bonds is 2. The van der Waals surface area contributed by atoms with E-state index >= 15 is 0 Å². The van der Waals surface area contributed by atoms with Gasteiger partial charge in [0, 0.05) is 28.8 Å². The van der Waals surface area contributed by atoms with Crippen molar-refractivity contribution in [3.63, 3.8) is 0 Å². The Morgan fingerprint density at radius 1 is 1.12 bits per heavy atom. The van der Waals surface area contributed by atoms with Gasteiger partial charge in [0.1, 0.15) is 23.1 Å². The molecule has 1 aliphatic rings. The number of nitrogens with one attached hydrogen (secondary N) is 1. The van der Waals surface area contributed by atoms with Gasteiger partial charge < -0.3 is 5.32 Å². The highest BCUT2D eigenvalue weighted by molar-refractivity contribution is 6.30. The molecule has 0 saturated carbocycles. The topological polar surface area (TPSA) is 29.9 Å². The first-order valence-electron chi connectivity index (χ1n) is 8.62. The van der Waals surface area contributed by atoms with Crippen LogP contribution in [0.25, 0.3) is 16.9 Å². The summed E-state index contributed by atoms with van der Waals surface area (Å²) in [5.41, 5.74) is 3.66. The molecule has 0 atom stereocenters. The highest BCUT2D eigenvalue weighted by Gasteiger charge is 2.24. The van der Waals surface area contributed by atoms with Crippen LogP contribution in [-0.4, -0.2) is 16.3 Å². The Morgan fingerprint density at radius 3 is 2.77 bits per heavy atom. The molecular formula is C20H18ClF2N3. The summed E-state index contributed by atoms with van der Waals surface area (Å²) in [5, 5.41) is 8.73. The van der Waals surface area contributed by atoms with Crippen LogP contribution in [0.15, 0.2) is 36.4 Å². The molecule has 0 fully saturated rings. The summed E-state index contributed by atoms with van der Waals surface area (Å²) in [6, 6.07) is 9.22. The molecule has 0 bridgehead atoms. The first-order valence-corrected chi connectivity index (χ1v) is 9.00. The Morgan fingerprint density at radius 2 is 1.96 bits per heavy atom. The summed E-state index contributed by atoms with van der Waals surface area (Å²) >= 11 is 6.19. The monoisotopic (exact) mass is 373 g/mol. The first kappa shape index (κ1) is 17.0. The Labute approximate surface area is 155 Å². The number of aromatic nitrogens is 2. The Kier molecular flexibility index (Phi) is 4.41. The highest BCUT2D eigenvalue weighted by atomic mass is 35.5. The minimum absolute atomic E-state index is 0.310. The van der Waals surface area contributed by atoms with Crippen molar-refractivity contribution in [1.82, 2.24) is 9.78 Å². The molecule has 4 rings (SSSR count). The number of fused-ring (bicyclic) bond motifs is 1. The summed E-state index contributed by atoms with van der Waals surface area (Å²) in [6.45, 7) is 2.80. The summed E-state index contributed by atoms with van der Waals surface area (Å²) < 4.78 is 29.6. The van der Waals surface area contributed by atoms with E-state index in [4.69, 9.17) is 16.7 Å². The lowest BCUT2D eigenvalue weighted by Gasteiger charge is -2.12. The van der Waals surface area contributed by atoms with Gasteiger partial charge in [-0.2, -0.15) is 5.10 Å². The van der Waals surface area contributed by atoms with E-state index in [9.17, 15) is 8.78 Å². The van der Waals surface area contributed by atoms with E-state index in [1.165, 1.54) is 12.1 Å². The van der Waals surface area contributed by atoms with Gasteiger partial charge in [0.25, 0.3) is 0 Å². The summed E-state index contributed by atoms with van der Waals surface area (Å²) in [7, 11) is 0. The maximum Gasteiger partial charge on any atom is 0.135 e. The lowest BCUT2D eigenvalue weighted by Crippen LogP contribution is -2.08. The third-order valence-corrected chi connectivity index (χ3v) is 4.95. The predicted octanol–water partition coefficient (Wildman–Crippen LogP) is 5.53. The SMILES string of the molecule is Cc1ccc(Cl)cc1-n1nc(-c2ccc(F)cc2F)c2c1NCCCC2. The van der Waals surface area contributed by atoms with Crippen LogP contribution in [0.5, 0.6) is 0 Å². The fourth-order valence-corrected chi connectivity index (χ4v) is 3.55. The predicted molar refractivity (Wildman–Crippen MR) is 100 cm³/mol. The molecule has 0 radical (unpaired) electrons. The van der Waals surface area contributed by atoms with Gasteiger partial charge in [-0.3, -0.25) is 0 Å². The van der Waals surface area contributed by atoms with Gasteiger partial charge in [-0.15, -0.1) is 0 Å². The molecule has 26 heavy (non-hydrogen) atoms. The molecule has 3 aromatic rings. The first-order chi connectivity index (χ1) is 12.5. The van der Waals surface area contributed by atoms with Crippen LogP contribution in [0.4, 0.5) is 14.6 Å². The second-order valence-electron chi connectivity index (χ2n) is 6.53. The summed E-state index contributed by atoms with van der Waals surface area (Å²) in [5.74, 6) is -0.350. The number of halogens is 3. The number of hydrogen-bond acceptors (Lipinski definition) is 2. The van der Waals surface area contributed by atoms with E-state index in [1.54, 1.807) is 4.68 Å². The fraction of sp³-hybridized carbons (Fsp3) is 0.250. The normalized spacial score (nSPS) is 13.8. The maximum atomic E-state index is 14.4. The Hall–Kier alpha value is -2.40. The van der Waals surface area contributed by atoms with E-state index in [0.717, 1.165) is 54.5 Å². The van der Waals surface area contributed by atoms with Crippen molar-refractivity contribution in [3.8, 4) is 16.9 Å². The number of benzene rings is 2. The number of hydrogen-bond donors (Lipinski definition) is 1. The van der Waals surface area contributed by atoms with Crippen LogP contribution in [0.1, 0.15) is 24.0 Å². The zero-order valence-corrected chi connectivity index (χ0v) is 15.1. The molecular weight excluding hydrogens is 356 g/mol. The second kappa shape index (κ2) is 6.72. The van der Waals surface area contributed by atoms with Crippen molar-refractivity contribution in [1.29, 1.82) is 0 Å². The van der Waals surface area contributed by atoms with Crippen LogP contribution in [-0.2, 0) is 6.42 Å². The second-order valence-corrected chi connectivity index (χ2v) is 6.96. The highest BCUT2D eigenvalue weighted by Crippen LogP contribution is 2.36. The van der Waals surface area contributed by atoms with E-state index in [2.05, 4.69) is 5.32 Å². The van der Waals surface area contributed by atoms with Crippen molar-refractivity contribution in [3.05, 3.63) is 64.2 Å². The third kappa shape index (κ3) is 2.97. The number of nitrogens with zero attached hydrogens (tertiary/aromatic N) is 2. The number of anilines is 1. The zero-order chi connectivity index (χ0) is 18.3. The third-order valence-electron chi connectivity index (χ3n) is 4.72. The molecule has 1 aliphatic heterocycles. The largest absolute Gasteiger partial charge is 0.370 e. The van der Waals surface area contributed by atoms with Crippen LogP contribution < -0.4 is 5.32 Å². The van der Waals surface area contributed by atoms with Crippen LogP contribution in [0.2, 0.25) is 5.02 Å². The van der Waals surface area contributed by atoms with Gasteiger partial charge in [-0.25, -0.2) is 13.5 Å². The molecule has 2 aromatic carbocycles.